The summed E-state index contributed by atoms with van der Waals surface area (Å²) in [5.74, 6) is 0. The lowest BCUT2D eigenvalue weighted by Crippen LogP contribution is -2.15. The Bertz CT molecular complexity index is 756. The van der Waals surface area contributed by atoms with Gasteiger partial charge in [0.15, 0.2) is 0 Å². The molecule has 0 aliphatic heterocycles. The Morgan fingerprint density at radius 2 is 1.76 bits per heavy atom. The van der Waals surface area contributed by atoms with Crippen LogP contribution in [0.25, 0.3) is 0 Å². The molecule has 0 heterocycles. The quantitative estimate of drug-likeness (QED) is 0.869. The number of anilines is 1. The molecule has 0 spiro atoms. The van der Waals surface area contributed by atoms with Crippen molar-refractivity contribution in [2.45, 2.75) is 25.3 Å². The van der Waals surface area contributed by atoms with Gasteiger partial charge in [0.05, 0.1) is 0 Å². The van der Waals surface area contributed by atoms with Gasteiger partial charge < -0.3 is 5.73 Å². The molecule has 0 aromatic heterocycles. The number of benzene rings is 2. The lowest BCUT2D eigenvalue weighted by molar-refractivity contribution is 0.600. The van der Waals surface area contributed by atoms with Gasteiger partial charge in [-0.25, -0.2) is 8.42 Å². The number of aryl methyl sites for hydroxylation is 2. The summed E-state index contributed by atoms with van der Waals surface area (Å²) in [6.45, 7) is 4.08. The van der Waals surface area contributed by atoms with E-state index >= 15 is 0 Å². The molecule has 4 nitrogen and oxygen atoms in total. The summed E-state index contributed by atoms with van der Waals surface area (Å²) < 4.78 is 28.2. The molecule has 0 amide bonds. The van der Waals surface area contributed by atoms with E-state index in [1.165, 1.54) is 0 Å². The molecular weight excluding hydrogens is 352 g/mol. The second-order valence-corrected chi connectivity index (χ2v) is 7.34. The Kier molecular flexibility index (Phi) is 4.70. The maximum atomic E-state index is 12.5. The Labute approximate surface area is 133 Å². The highest BCUT2D eigenvalue weighted by atomic mass is 79.9. The Morgan fingerprint density at radius 3 is 2.33 bits per heavy atom. The molecule has 2 aromatic rings. The minimum absolute atomic E-state index is 0.198. The topological polar surface area (TPSA) is 72.2 Å². The van der Waals surface area contributed by atoms with E-state index in [9.17, 15) is 8.42 Å². The van der Waals surface area contributed by atoms with Gasteiger partial charge in [0.25, 0.3) is 10.0 Å². The summed E-state index contributed by atoms with van der Waals surface area (Å²) in [4.78, 5) is 0.198. The molecule has 0 saturated carbocycles. The molecule has 21 heavy (non-hydrogen) atoms. The molecule has 6 heteroatoms. The van der Waals surface area contributed by atoms with Crippen LogP contribution in [0.1, 0.15) is 16.7 Å². The van der Waals surface area contributed by atoms with Gasteiger partial charge in [-0.15, -0.1) is 0 Å². The van der Waals surface area contributed by atoms with Gasteiger partial charge in [-0.2, -0.15) is 0 Å². The molecule has 0 atom stereocenters. The Hall–Kier alpha value is -1.37. The number of hydrogen-bond donors (Lipinski definition) is 2. The number of sulfonamides is 1. The first-order chi connectivity index (χ1) is 9.83. The van der Waals surface area contributed by atoms with Crippen LogP contribution in [0.5, 0.6) is 0 Å². The van der Waals surface area contributed by atoms with Gasteiger partial charge >= 0.3 is 0 Å². The number of nitrogens with two attached hydrogens (primary N) is 1. The molecule has 112 valence electrons. The zero-order chi connectivity index (χ0) is 15.6. The van der Waals surface area contributed by atoms with Crippen molar-refractivity contribution in [3.8, 4) is 0 Å². The van der Waals surface area contributed by atoms with Crippen LogP contribution < -0.4 is 10.5 Å². The maximum absolute atomic E-state index is 12.5. The highest BCUT2D eigenvalue weighted by Gasteiger charge is 2.20. The number of halogens is 1. The molecule has 0 fully saturated rings. The normalized spacial score (nSPS) is 11.4. The number of hydrogen-bond acceptors (Lipinski definition) is 3. The second-order valence-electron chi connectivity index (χ2n) is 4.90. The van der Waals surface area contributed by atoms with Crippen LogP contribution in [0, 0.1) is 13.8 Å². The summed E-state index contributed by atoms with van der Waals surface area (Å²) in [6.07, 6.45) is 0. The Balaban J connectivity index is 2.44. The van der Waals surface area contributed by atoms with Crippen LogP contribution in [0.3, 0.4) is 0 Å². The minimum Gasteiger partial charge on any atom is -0.326 e. The fourth-order valence-electron chi connectivity index (χ4n) is 1.95. The third kappa shape index (κ3) is 3.64. The van der Waals surface area contributed by atoms with Gasteiger partial charge in [0.1, 0.15) is 4.90 Å². The summed E-state index contributed by atoms with van der Waals surface area (Å²) in [7, 11) is -3.66. The van der Waals surface area contributed by atoms with Gasteiger partial charge in [-0.3, -0.25) is 4.72 Å². The molecule has 0 aliphatic rings. The van der Waals surface area contributed by atoms with Gasteiger partial charge in [-0.05, 0) is 59.1 Å². The van der Waals surface area contributed by atoms with Crippen molar-refractivity contribution in [2.24, 2.45) is 5.73 Å². The van der Waals surface area contributed by atoms with E-state index < -0.39 is 10.0 Å². The fourth-order valence-corrected chi connectivity index (χ4v) is 4.08. The lowest BCUT2D eigenvalue weighted by Gasteiger charge is -2.13. The Morgan fingerprint density at radius 1 is 1.14 bits per heavy atom. The van der Waals surface area contributed by atoms with Crippen LogP contribution in [0.15, 0.2) is 45.8 Å². The SMILES string of the molecule is Cc1ccc(NS(=O)(=O)c2cc(CN)cc(C)c2Br)cc1. The average Bonchev–Trinajstić information content (AvgIpc) is 2.43. The molecule has 0 saturated heterocycles. The summed E-state index contributed by atoms with van der Waals surface area (Å²) in [6, 6.07) is 10.6. The van der Waals surface area contributed by atoms with Crippen molar-refractivity contribution < 1.29 is 8.42 Å². The largest absolute Gasteiger partial charge is 0.326 e. The molecule has 0 unspecified atom stereocenters. The monoisotopic (exact) mass is 368 g/mol. The molecule has 3 N–H and O–H groups in total. The van der Waals surface area contributed by atoms with Crippen molar-refractivity contribution in [2.75, 3.05) is 4.72 Å². The van der Waals surface area contributed by atoms with Crippen LogP contribution in [0.2, 0.25) is 0 Å². The predicted molar refractivity (Wildman–Crippen MR) is 88.8 cm³/mol. The number of nitrogens with one attached hydrogen (secondary N) is 1. The van der Waals surface area contributed by atoms with Crippen molar-refractivity contribution >= 4 is 31.6 Å². The van der Waals surface area contributed by atoms with E-state index in [0.29, 0.717) is 16.7 Å². The smallest absolute Gasteiger partial charge is 0.263 e. The standard InChI is InChI=1S/C15H17BrN2O2S/c1-10-3-5-13(6-4-10)18-21(19,20)14-8-12(9-17)7-11(2)15(14)16/h3-8,18H,9,17H2,1-2H3. The molecule has 0 bridgehead atoms. The van der Waals surface area contributed by atoms with Gasteiger partial charge in [0, 0.05) is 16.7 Å². The lowest BCUT2D eigenvalue weighted by atomic mass is 10.1. The zero-order valence-electron chi connectivity index (χ0n) is 11.9. The molecule has 0 aliphatic carbocycles. The zero-order valence-corrected chi connectivity index (χ0v) is 14.3. The van der Waals surface area contributed by atoms with E-state index in [0.717, 1.165) is 16.7 Å². The van der Waals surface area contributed by atoms with Gasteiger partial charge in [0.2, 0.25) is 0 Å². The van der Waals surface area contributed by atoms with E-state index in [2.05, 4.69) is 20.7 Å². The number of rotatable bonds is 4. The van der Waals surface area contributed by atoms with E-state index in [-0.39, 0.29) is 4.90 Å². The van der Waals surface area contributed by atoms with Crippen molar-refractivity contribution in [1.82, 2.24) is 0 Å². The first-order valence-corrected chi connectivity index (χ1v) is 8.69. The average molecular weight is 369 g/mol. The van der Waals surface area contributed by atoms with E-state index in [4.69, 9.17) is 5.73 Å². The third-order valence-electron chi connectivity index (χ3n) is 3.11. The first kappa shape index (κ1) is 16.0. The minimum atomic E-state index is -3.66. The van der Waals surface area contributed by atoms with E-state index in [1.54, 1.807) is 18.2 Å². The predicted octanol–water partition coefficient (Wildman–Crippen LogP) is 3.33. The summed E-state index contributed by atoms with van der Waals surface area (Å²) in [5, 5.41) is 0. The summed E-state index contributed by atoms with van der Waals surface area (Å²) >= 11 is 3.34. The van der Waals surface area contributed by atoms with Crippen molar-refractivity contribution in [3.05, 3.63) is 57.6 Å². The molecule has 2 rings (SSSR count). The molecule has 2 aromatic carbocycles. The first-order valence-electron chi connectivity index (χ1n) is 6.42. The molecular formula is C15H17BrN2O2S. The van der Waals surface area contributed by atoms with Crippen molar-refractivity contribution in [3.63, 3.8) is 0 Å². The van der Waals surface area contributed by atoms with Crippen LogP contribution >= 0.6 is 15.9 Å². The highest BCUT2D eigenvalue weighted by Crippen LogP contribution is 2.28. The third-order valence-corrected chi connectivity index (χ3v) is 5.83. The van der Waals surface area contributed by atoms with Crippen LogP contribution in [0.4, 0.5) is 5.69 Å². The van der Waals surface area contributed by atoms with Gasteiger partial charge in [-0.1, -0.05) is 23.8 Å². The van der Waals surface area contributed by atoms with Crippen molar-refractivity contribution in [1.29, 1.82) is 0 Å². The fraction of sp³-hybridized carbons (Fsp3) is 0.200. The van der Waals surface area contributed by atoms with Crippen LogP contribution in [-0.4, -0.2) is 8.42 Å². The maximum Gasteiger partial charge on any atom is 0.263 e. The second kappa shape index (κ2) is 6.17. The summed E-state index contributed by atoms with van der Waals surface area (Å²) in [5.41, 5.74) is 8.83. The highest BCUT2D eigenvalue weighted by molar-refractivity contribution is 9.10. The van der Waals surface area contributed by atoms with Crippen LogP contribution in [-0.2, 0) is 16.6 Å². The van der Waals surface area contributed by atoms with E-state index in [1.807, 2.05) is 32.0 Å². The molecule has 0 radical (unpaired) electrons.